The van der Waals surface area contributed by atoms with Crippen LogP contribution in [-0.2, 0) is 19.4 Å². The van der Waals surface area contributed by atoms with E-state index >= 15 is 0 Å². The van der Waals surface area contributed by atoms with Gasteiger partial charge in [0.25, 0.3) is 5.91 Å². The van der Waals surface area contributed by atoms with E-state index in [-0.39, 0.29) is 12.2 Å². The van der Waals surface area contributed by atoms with Crippen molar-refractivity contribution in [3.05, 3.63) is 81.6 Å². The van der Waals surface area contributed by atoms with Crippen LogP contribution in [0.2, 0.25) is 0 Å². The highest BCUT2D eigenvalue weighted by Gasteiger charge is 2.30. The number of carbonyl (C=O) groups is 1. The van der Waals surface area contributed by atoms with Crippen molar-refractivity contribution in [2.75, 3.05) is 5.32 Å². The zero-order chi connectivity index (χ0) is 23.8. The van der Waals surface area contributed by atoms with E-state index < -0.39 is 17.6 Å². The van der Waals surface area contributed by atoms with Crippen LogP contribution in [-0.4, -0.2) is 35.2 Å². The number of hydrogen-bond acceptors (Lipinski definition) is 4. The van der Waals surface area contributed by atoms with Crippen molar-refractivity contribution in [2.24, 2.45) is 0 Å². The molecule has 3 heterocycles. The van der Waals surface area contributed by atoms with Gasteiger partial charge in [0.15, 0.2) is 5.69 Å². The van der Waals surface area contributed by atoms with Gasteiger partial charge < -0.3 is 5.32 Å². The first kappa shape index (κ1) is 22.8. The number of benzene rings is 1. The van der Waals surface area contributed by atoms with Crippen molar-refractivity contribution in [3.63, 3.8) is 0 Å². The summed E-state index contributed by atoms with van der Waals surface area (Å²) >= 11 is 3.48. The van der Waals surface area contributed by atoms with Crippen LogP contribution in [0, 0.1) is 13.8 Å². The second-order valence-corrected chi connectivity index (χ2v) is 8.24. The van der Waals surface area contributed by atoms with Gasteiger partial charge in [-0.3, -0.25) is 14.2 Å². The summed E-state index contributed by atoms with van der Waals surface area (Å²) in [5, 5.41) is 15.5. The summed E-state index contributed by atoms with van der Waals surface area (Å²) in [5.41, 5.74) is 2.15. The minimum absolute atomic E-state index is 0.132. The van der Waals surface area contributed by atoms with Crippen LogP contribution >= 0.6 is 15.9 Å². The van der Waals surface area contributed by atoms with Gasteiger partial charge in [0, 0.05) is 12.4 Å². The molecular weight excluding hydrogens is 503 g/mol. The summed E-state index contributed by atoms with van der Waals surface area (Å²) in [5.74, 6) is -0.429. The second-order valence-electron chi connectivity index (χ2n) is 7.45. The predicted octanol–water partition coefficient (Wildman–Crippen LogP) is 4.48. The summed E-state index contributed by atoms with van der Waals surface area (Å²) in [4.78, 5) is 12.5. The Hall–Kier alpha value is -3.41. The van der Waals surface area contributed by atoms with Crippen LogP contribution in [0.4, 0.5) is 18.9 Å². The molecule has 0 aliphatic carbocycles. The number of nitrogens with zero attached hydrogens (tertiary/aromatic N) is 6. The van der Waals surface area contributed by atoms with E-state index in [4.69, 9.17) is 0 Å². The standard InChI is InChI=1S/C21H19BrF3N7O/c1-13-19(22)14(2)32(28-13)12-30-7-6-18(29-30)20(33)27-17-9-26-31(11-17)10-15-4-3-5-16(8-15)21(23,24)25/h3-9,11H,10,12H2,1-2H3,(H,27,33). The van der Waals surface area contributed by atoms with E-state index in [1.165, 1.54) is 16.9 Å². The van der Waals surface area contributed by atoms with Crippen LogP contribution in [0.3, 0.4) is 0 Å². The first-order chi connectivity index (χ1) is 15.6. The average molecular weight is 522 g/mol. The molecule has 12 heteroatoms. The smallest absolute Gasteiger partial charge is 0.318 e. The lowest BCUT2D eigenvalue weighted by Crippen LogP contribution is -2.15. The molecule has 0 radical (unpaired) electrons. The summed E-state index contributed by atoms with van der Waals surface area (Å²) in [6, 6.07) is 6.62. The maximum Gasteiger partial charge on any atom is 0.416 e. The van der Waals surface area contributed by atoms with Gasteiger partial charge in [-0.1, -0.05) is 12.1 Å². The molecule has 1 N–H and O–H groups in total. The Labute approximate surface area is 195 Å². The van der Waals surface area contributed by atoms with Gasteiger partial charge in [0.1, 0.15) is 6.67 Å². The monoisotopic (exact) mass is 521 g/mol. The van der Waals surface area contributed by atoms with Gasteiger partial charge in [0.2, 0.25) is 0 Å². The van der Waals surface area contributed by atoms with Crippen molar-refractivity contribution in [2.45, 2.75) is 33.2 Å². The molecule has 0 aliphatic rings. The van der Waals surface area contributed by atoms with Gasteiger partial charge in [-0.25, -0.2) is 4.68 Å². The Balaban J connectivity index is 1.40. The molecule has 172 valence electrons. The normalized spacial score (nSPS) is 11.7. The number of hydrogen-bond donors (Lipinski definition) is 1. The molecule has 0 atom stereocenters. The van der Waals surface area contributed by atoms with Crippen molar-refractivity contribution in [1.82, 2.24) is 29.3 Å². The third-order valence-electron chi connectivity index (χ3n) is 4.94. The minimum Gasteiger partial charge on any atom is -0.318 e. The van der Waals surface area contributed by atoms with Gasteiger partial charge in [-0.15, -0.1) is 0 Å². The number of aryl methyl sites for hydroxylation is 1. The molecule has 8 nitrogen and oxygen atoms in total. The number of rotatable bonds is 6. The molecule has 33 heavy (non-hydrogen) atoms. The summed E-state index contributed by atoms with van der Waals surface area (Å²) in [6.45, 7) is 4.30. The Morgan fingerprint density at radius 3 is 2.64 bits per heavy atom. The van der Waals surface area contributed by atoms with Gasteiger partial charge >= 0.3 is 6.18 Å². The van der Waals surface area contributed by atoms with E-state index in [1.54, 1.807) is 33.9 Å². The van der Waals surface area contributed by atoms with Crippen LogP contribution in [0.1, 0.15) is 33.0 Å². The largest absolute Gasteiger partial charge is 0.416 e. The number of aromatic nitrogens is 6. The highest BCUT2D eigenvalue weighted by atomic mass is 79.9. The molecule has 0 saturated carbocycles. The maximum absolute atomic E-state index is 12.9. The van der Waals surface area contributed by atoms with E-state index in [1.807, 2.05) is 13.8 Å². The van der Waals surface area contributed by atoms with Crippen molar-refractivity contribution in [3.8, 4) is 0 Å². The Morgan fingerprint density at radius 1 is 1.15 bits per heavy atom. The molecule has 0 unspecified atom stereocenters. The number of amides is 1. The van der Waals surface area contributed by atoms with Gasteiger partial charge in [-0.2, -0.15) is 28.5 Å². The minimum atomic E-state index is -4.41. The van der Waals surface area contributed by atoms with Crippen molar-refractivity contribution < 1.29 is 18.0 Å². The number of alkyl halides is 3. The molecular formula is C21H19BrF3N7O. The lowest BCUT2D eigenvalue weighted by molar-refractivity contribution is -0.137. The molecule has 3 aromatic heterocycles. The third-order valence-corrected chi connectivity index (χ3v) is 6.08. The lowest BCUT2D eigenvalue weighted by atomic mass is 10.1. The molecule has 4 rings (SSSR count). The van der Waals surface area contributed by atoms with Crippen molar-refractivity contribution in [1.29, 1.82) is 0 Å². The number of nitrogens with one attached hydrogen (secondary N) is 1. The predicted molar refractivity (Wildman–Crippen MR) is 118 cm³/mol. The maximum atomic E-state index is 12.9. The van der Waals surface area contributed by atoms with E-state index in [9.17, 15) is 18.0 Å². The fourth-order valence-electron chi connectivity index (χ4n) is 3.25. The zero-order valence-corrected chi connectivity index (χ0v) is 19.2. The number of anilines is 1. The Kier molecular flexibility index (Phi) is 6.11. The molecule has 0 aliphatic heterocycles. The zero-order valence-electron chi connectivity index (χ0n) is 17.6. The summed E-state index contributed by atoms with van der Waals surface area (Å²) < 4.78 is 44.4. The molecule has 0 spiro atoms. The Bertz CT molecular complexity index is 1310. The topological polar surface area (TPSA) is 82.6 Å². The van der Waals surface area contributed by atoms with E-state index in [0.29, 0.717) is 17.9 Å². The number of carbonyl (C=O) groups excluding carboxylic acids is 1. The van der Waals surface area contributed by atoms with Crippen molar-refractivity contribution >= 4 is 27.5 Å². The number of halogens is 4. The average Bonchev–Trinajstić information content (AvgIpc) is 3.46. The Morgan fingerprint density at radius 2 is 1.94 bits per heavy atom. The summed E-state index contributed by atoms with van der Waals surface area (Å²) in [7, 11) is 0. The molecule has 0 fully saturated rings. The highest BCUT2D eigenvalue weighted by molar-refractivity contribution is 9.10. The highest BCUT2D eigenvalue weighted by Crippen LogP contribution is 2.29. The van der Waals surface area contributed by atoms with E-state index in [2.05, 4.69) is 36.5 Å². The summed E-state index contributed by atoms with van der Waals surface area (Å²) in [6.07, 6.45) is 0.239. The van der Waals surface area contributed by atoms with Crippen LogP contribution in [0.5, 0.6) is 0 Å². The molecule has 1 amide bonds. The van der Waals surface area contributed by atoms with Crippen LogP contribution in [0.15, 0.2) is 53.4 Å². The molecule has 0 saturated heterocycles. The quantitative estimate of drug-likeness (QED) is 0.405. The second kappa shape index (κ2) is 8.85. The fourth-order valence-corrected chi connectivity index (χ4v) is 3.54. The molecule has 0 bridgehead atoms. The SMILES string of the molecule is Cc1nn(Cn2ccc(C(=O)Nc3cnn(Cc4cccc(C(F)(F)F)c4)c3)n2)c(C)c1Br. The van der Waals surface area contributed by atoms with Gasteiger partial charge in [-0.05, 0) is 53.5 Å². The van der Waals surface area contributed by atoms with E-state index in [0.717, 1.165) is 28.0 Å². The fraction of sp³-hybridized carbons (Fsp3) is 0.238. The third kappa shape index (κ3) is 5.16. The molecule has 1 aromatic carbocycles. The van der Waals surface area contributed by atoms with Crippen LogP contribution < -0.4 is 5.32 Å². The first-order valence-electron chi connectivity index (χ1n) is 9.83. The van der Waals surface area contributed by atoms with Crippen LogP contribution in [0.25, 0.3) is 0 Å². The first-order valence-corrected chi connectivity index (χ1v) is 10.6. The lowest BCUT2D eigenvalue weighted by Gasteiger charge is -2.08. The molecule has 4 aromatic rings. The van der Waals surface area contributed by atoms with Gasteiger partial charge in [0.05, 0.1) is 39.9 Å².